The van der Waals surface area contributed by atoms with Gasteiger partial charge in [-0.25, -0.2) is 0 Å². The Bertz CT molecular complexity index is 528. The minimum absolute atomic E-state index is 0. The first-order valence-electron chi connectivity index (χ1n) is 6.49. The molecule has 1 fully saturated rings. The maximum atomic E-state index is 10.5. The van der Waals surface area contributed by atoms with Crippen LogP contribution in [-0.2, 0) is 19.4 Å². The van der Waals surface area contributed by atoms with E-state index in [0.717, 1.165) is 0 Å². The molecule has 0 aromatic heterocycles. The van der Waals surface area contributed by atoms with Gasteiger partial charge in [-0.1, -0.05) is 23.0 Å². The predicted molar refractivity (Wildman–Crippen MR) is 79.0 cm³/mol. The van der Waals surface area contributed by atoms with Crippen LogP contribution in [0, 0.1) is 0 Å². The summed E-state index contributed by atoms with van der Waals surface area (Å²) in [6, 6.07) is 0. The van der Waals surface area contributed by atoms with Gasteiger partial charge < -0.3 is 29.7 Å². The van der Waals surface area contributed by atoms with Crippen LogP contribution in [0.1, 0.15) is 12.8 Å². The Hall–Kier alpha value is 0.906. The first-order chi connectivity index (χ1) is 10.7. The minimum Gasteiger partial charge on any atom is -0.714 e. The topological polar surface area (TPSA) is 169 Å². The van der Waals surface area contributed by atoms with Crippen molar-refractivity contribution in [2.45, 2.75) is 42.7 Å². The molecule has 1 heterocycles. The van der Waals surface area contributed by atoms with Crippen molar-refractivity contribution in [1.82, 2.24) is 0 Å². The number of rotatable bonds is 7. The number of ether oxygens (including phenoxy) is 1. The second kappa shape index (κ2) is 11.6. The molecule has 0 amide bonds. The number of thioether (sulfide) groups is 1. The summed E-state index contributed by atoms with van der Waals surface area (Å²) in [5.41, 5.74) is -1.16. The Morgan fingerprint density at radius 3 is 2.46 bits per heavy atom. The molecule has 134 valence electrons. The fraction of sp³-hybridized carbons (Fsp3) is 0.727. The molecule has 4 N–H and O–H groups in total. The van der Waals surface area contributed by atoms with Gasteiger partial charge in [0.25, 0.3) is 10.4 Å². The molecule has 1 rings (SSSR count). The maximum Gasteiger partial charge on any atom is 1.00 e. The number of aliphatic hydroxyl groups is 4. The minimum atomic E-state index is -5.04. The van der Waals surface area contributed by atoms with E-state index in [1.165, 1.54) is 6.08 Å². The van der Waals surface area contributed by atoms with E-state index in [1.54, 1.807) is 0 Å². The van der Waals surface area contributed by atoms with Gasteiger partial charge in [-0.3, -0.25) is 4.28 Å². The number of hydrogen-bond acceptors (Lipinski definition) is 11. The van der Waals surface area contributed by atoms with Crippen LogP contribution in [-0.4, -0.2) is 74.9 Å². The van der Waals surface area contributed by atoms with Gasteiger partial charge in [0, 0.05) is 6.42 Å². The summed E-state index contributed by atoms with van der Waals surface area (Å²) in [5, 5.41) is 41.5. The molecular formula is C11H18KNO9S2. The van der Waals surface area contributed by atoms with Crippen molar-refractivity contribution in [3.63, 3.8) is 0 Å². The van der Waals surface area contributed by atoms with Crippen molar-refractivity contribution in [2.24, 2.45) is 5.16 Å². The third kappa shape index (κ3) is 8.07. The number of hydrogen-bond donors (Lipinski definition) is 4. The quantitative estimate of drug-likeness (QED) is 0.0607. The van der Waals surface area contributed by atoms with Gasteiger partial charge in [-0.05, 0) is 6.42 Å². The molecule has 10 nitrogen and oxygen atoms in total. The normalized spacial score (nSPS) is 31.2. The van der Waals surface area contributed by atoms with Gasteiger partial charge >= 0.3 is 51.4 Å². The standard InChI is InChI=1S/C11H19NO9S2.K/c1-2-3-4-7(12-21-23(17,18)19)22-11-10(16)9(15)8(14)6(5-13)20-11;/h2,6,8-11,13-16H,1,3-5H2,(H,17,18,19);/q;+1/p-1/b12-7+;/t6-,8-,9+,10-,11+;/m1./s1. The van der Waals surface area contributed by atoms with Gasteiger partial charge in [-0.2, -0.15) is 8.42 Å². The van der Waals surface area contributed by atoms with Crippen LogP contribution in [0.25, 0.3) is 0 Å². The van der Waals surface area contributed by atoms with Crippen LogP contribution in [0.15, 0.2) is 17.8 Å². The van der Waals surface area contributed by atoms with E-state index < -0.39 is 46.9 Å². The molecule has 1 saturated heterocycles. The molecule has 0 aromatic rings. The first-order valence-corrected chi connectivity index (χ1v) is 8.70. The van der Waals surface area contributed by atoms with E-state index in [-0.39, 0.29) is 62.8 Å². The van der Waals surface area contributed by atoms with Crippen molar-refractivity contribution in [3.8, 4) is 0 Å². The van der Waals surface area contributed by atoms with Crippen LogP contribution in [0.5, 0.6) is 0 Å². The van der Waals surface area contributed by atoms with Crippen molar-refractivity contribution >= 4 is 27.2 Å². The SMILES string of the molecule is C=CCC/C(=N\OS(=O)(=O)[O-])S[C@@H]1O[C@H](CO)[C@@H](O)[C@H](O)[C@H]1O.[K+]. The zero-order valence-corrected chi connectivity index (χ0v) is 17.6. The summed E-state index contributed by atoms with van der Waals surface area (Å²) in [6.07, 6.45) is -3.73. The third-order valence-electron chi connectivity index (χ3n) is 2.89. The van der Waals surface area contributed by atoms with E-state index >= 15 is 0 Å². The average molecular weight is 411 g/mol. The molecular weight excluding hydrogens is 393 g/mol. The molecule has 1 aliphatic rings. The van der Waals surface area contributed by atoms with Crippen molar-refractivity contribution < 1.29 is 93.8 Å². The monoisotopic (exact) mass is 411 g/mol. The van der Waals surface area contributed by atoms with Crippen molar-refractivity contribution in [1.29, 1.82) is 0 Å². The Morgan fingerprint density at radius 2 is 1.96 bits per heavy atom. The molecule has 1 aliphatic heterocycles. The fourth-order valence-electron chi connectivity index (χ4n) is 1.74. The van der Waals surface area contributed by atoms with Gasteiger partial charge in [0.05, 0.1) is 6.61 Å². The Kier molecular flexibility index (Phi) is 12.0. The first kappa shape index (κ1) is 24.9. The summed E-state index contributed by atoms with van der Waals surface area (Å²) in [6.45, 7) is 2.87. The van der Waals surface area contributed by atoms with Crippen LogP contribution < -0.4 is 51.4 Å². The largest absolute Gasteiger partial charge is 1.00 e. The van der Waals surface area contributed by atoms with E-state index in [1.807, 2.05) is 0 Å². The van der Waals surface area contributed by atoms with E-state index in [0.29, 0.717) is 18.2 Å². The molecule has 13 heteroatoms. The molecule has 0 bridgehead atoms. The van der Waals surface area contributed by atoms with Crippen molar-refractivity contribution in [3.05, 3.63) is 12.7 Å². The molecule has 0 radical (unpaired) electrons. The predicted octanol–water partition coefficient (Wildman–Crippen LogP) is -4.72. The zero-order chi connectivity index (χ0) is 17.6. The second-order valence-corrected chi connectivity index (χ2v) is 6.75. The Labute approximate surface area is 186 Å². The third-order valence-corrected chi connectivity index (χ3v) is 4.32. The summed E-state index contributed by atoms with van der Waals surface area (Å²) in [5.74, 6) is 0. The number of oxime groups is 1. The number of allylic oxidation sites excluding steroid dienone is 1. The fourth-order valence-corrected chi connectivity index (χ4v) is 3.05. The summed E-state index contributed by atoms with van der Waals surface area (Å²) < 4.78 is 40.4. The summed E-state index contributed by atoms with van der Waals surface area (Å²) in [4.78, 5) is 0. The molecule has 5 atom stereocenters. The summed E-state index contributed by atoms with van der Waals surface area (Å²) in [7, 11) is -5.04. The van der Waals surface area contributed by atoms with Gasteiger partial charge in [-0.15, -0.1) is 6.58 Å². The van der Waals surface area contributed by atoms with Gasteiger partial charge in [0.15, 0.2) is 0 Å². The summed E-state index contributed by atoms with van der Waals surface area (Å²) >= 11 is 0.699. The molecule has 0 spiro atoms. The van der Waals surface area contributed by atoms with Gasteiger partial charge in [0.1, 0.15) is 34.9 Å². The maximum absolute atomic E-state index is 10.5. The van der Waals surface area contributed by atoms with E-state index in [2.05, 4.69) is 16.0 Å². The van der Waals surface area contributed by atoms with Gasteiger partial charge in [0.2, 0.25) is 0 Å². The molecule has 0 unspecified atom stereocenters. The van der Waals surface area contributed by atoms with Crippen LogP contribution >= 0.6 is 11.8 Å². The molecule has 0 saturated carbocycles. The van der Waals surface area contributed by atoms with Crippen LogP contribution in [0.3, 0.4) is 0 Å². The van der Waals surface area contributed by atoms with Crippen molar-refractivity contribution in [2.75, 3.05) is 6.61 Å². The molecule has 0 aromatic carbocycles. The van der Waals surface area contributed by atoms with E-state index in [4.69, 9.17) is 9.84 Å². The Balaban J connectivity index is 0.00000529. The smallest absolute Gasteiger partial charge is 0.714 e. The average Bonchev–Trinajstić information content (AvgIpc) is 2.49. The van der Waals surface area contributed by atoms with E-state index in [9.17, 15) is 28.3 Å². The molecule has 24 heavy (non-hydrogen) atoms. The Morgan fingerprint density at radius 1 is 1.33 bits per heavy atom. The molecule has 0 aliphatic carbocycles. The second-order valence-electron chi connectivity index (χ2n) is 4.61. The number of nitrogens with zero attached hydrogens (tertiary/aromatic N) is 1. The van der Waals surface area contributed by atoms with Crippen LogP contribution in [0.4, 0.5) is 0 Å². The number of aliphatic hydroxyl groups excluding tert-OH is 4. The van der Waals surface area contributed by atoms with Crippen LogP contribution in [0.2, 0.25) is 0 Å². The zero-order valence-electron chi connectivity index (χ0n) is 12.9.